The van der Waals surface area contributed by atoms with E-state index in [1.807, 2.05) is 13.8 Å². The Morgan fingerprint density at radius 1 is 1.36 bits per heavy atom. The van der Waals surface area contributed by atoms with E-state index in [0.717, 1.165) is 19.3 Å². The number of esters is 1. The molecule has 0 aromatic heterocycles. The van der Waals surface area contributed by atoms with Crippen LogP contribution in [0.5, 0.6) is 0 Å². The van der Waals surface area contributed by atoms with Gasteiger partial charge in [0.25, 0.3) is 0 Å². The molecule has 0 aliphatic carbocycles. The van der Waals surface area contributed by atoms with Crippen LogP contribution >= 0.6 is 0 Å². The highest BCUT2D eigenvalue weighted by Crippen LogP contribution is 2.35. The zero-order chi connectivity index (χ0) is 17.0. The molecule has 0 saturated carbocycles. The summed E-state index contributed by atoms with van der Waals surface area (Å²) in [4.78, 5) is 11.9. The van der Waals surface area contributed by atoms with Crippen LogP contribution in [0.1, 0.15) is 66.7 Å². The van der Waals surface area contributed by atoms with Crippen LogP contribution in [0.2, 0.25) is 13.1 Å². The van der Waals surface area contributed by atoms with E-state index in [0.29, 0.717) is 18.6 Å². The summed E-state index contributed by atoms with van der Waals surface area (Å²) < 4.78 is 11.6. The first-order valence-electron chi connectivity index (χ1n) is 8.85. The summed E-state index contributed by atoms with van der Waals surface area (Å²) in [5.74, 6) is 0.565. The second-order valence-corrected chi connectivity index (χ2v) is 11.2. The molecule has 0 spiro atoms. The van der Waals surface area contributed by atoms with E-state index in [2.05, 4.69) is 33.9 Å². The first-order chi connectivity index (χ1) is 10.0. The summed E-state index contributed by atoms with van der Waals surface area (Å²) in [6.07, 6.45) is 5.80. The van der Waals surface area contributed by atoms with Crippen LogP contribution in [0.25, 0.3) is 0 Å². The molecule has 1 saturated heterocycles. The van der Waals surface area contributed by atoms with E-state index in [-0.39, 0.29) is 16.8 Å². The molecular weight excluding hydrogens is 292 g/mol. The fourth-order valence-corrected chi connectivity index (χ4v) is 4.49. The number of rotatable bonds is 6. The maximum atomic E-state index is 11.9. The van der Waals surface area contributed by atoms with E-state index in [4.69, 9.17) is 9.16 Å². The lowest BCUT2D eigenvalue weighted by molar-refractivity contribution is -0.152. The Kier molecular flexibility index (Phi) is 7.12. The zero-order valence-corrected chi connectivity index (χ0v) is 16.9. The van der Waals surface area contributed by atoms with Crippen LogP contribution in [0, 0.1) is 16.7 Å². The Labute approximate surface area is 138 Å². The van der Waals surface area contributed by atoms with Crippen molar-refractivity contribution >= 4 is 15.0 Å². The molecule has 3 nitrogen and oxygen atoms in total. The summed E-state index contributed by atoms with van der Waals surface area (Å²) >= 11 is 0. The third-order valence-electron chi connectivity index (χ3n) is 4.59. The van der Waals surface area contributed by atoms with E-state index >= 15 is 0 Å². The molecule has 1 rings (SSSR count). The minimum atomic E-state index is -1.01. The molecule has 0 aromatic carbocycles. The van der Waals surface area contributed by atoms with Gasteiger partial charge in [-0.25, -0.2) is 0 Å². The van der Waals surface area contributed by atoms with Crippen LogP contribution in [0.4, 0.5) is 0 Å². The monoisotopic (exact) mass is 328 g/mol. The van der Waals surface area contributed by atoms with Gasteiger partial charge < -0.3 is 9.16 Å². The van der Waals surface area contributed by atoms with Gasteiger partial charge in [0.1, 0.15) is 0 Å². The van der Waals surface area contributed by atoms with Gasteiger partial charge in [0.05, 0.1) is 12.0 Å². The molecule has 4 heteroatoms. The largest absolute Gasteiger partial charge is 0.465 e. The third kappa shape index (κ3) is 6.41. The fourth-order valence-electron chi connectivity index (χ4n) is 3.29. The number of cyclic esters (lactones) is 1. The quantitative estimate of drug-likeness (QED) is 0.530. The van der Waals surface area contributed by atoms with Crippen LogP contribution in [0.15, 0.2) is 0 Å². The Balaban J connectivity index is 2.49. The van der Waals surface area contributed by atoms with Crippen LogP contribution in [-0.2, 0) is 14.0 Å². The summed E-state index contributed by atoms with van der Waals surface area (Å²) in [7, 11) is -1.01. The van der Waals surface area contributed by atoms with Gasteiger partial charge >= 0.3 is 5.97 Å². The average Bonchev–Trinajstić information content (AvgIpc) is 2.46. The molecular formula is C18H36O3Si. The second-order valence-electron chi connectivity index (χ2n) is 8.85. The molecule has 0 aromatic rings. The summed E-state index contributed by atoms with van der Waals surface area (Å²) in [6.45, 7) is 15.9. The van der Waals surface area contributed by atoms with Crippen molar-refractivity contribution in [2.24, 2.45) is 16.7 Å². The molecule has 2 unspecified atom stereocenters. The predicted octanol–water partition coefficient (Wildman–Crippen LogP) is 4.55. The van der Waals surface area contributed by atoms with Gasteiger partial charge in [0, 0.05) is 6.10 Å². The van der Waals surface area contributed by atoms with Crippen molar-refractivity contribution in [2.45, 2.75) is 85.9 Å². The van der Waals surface area contributed by atoms with E-state index < -0.39 is 9.04 Å². The Morgan fingerprint density at radius 2 is 2.00 bits per heavy atom. The first kappa shape index (κ1) is 19.7. The third-order valence-corrected chi connectivity index (χ3v) is 5.46. The Bertz CT molecular complexity index is 358. The molecule has 1 fully saturated rings. The molecule has 1 aliphatic rings. The van der Waals surface area contributed by atoms with Crippen molar-refractivity contribution in [3.8, 4) is 0 Å². The second kappa shape index (κ2) is 7.96. The molecule has 0 radical (unpaired) electrons. The lowest BCUT2D eigenvalue weighted by Crippen LogP contribution is -2.33. The number of carbonyl (C=O) groups excluding carboxylic acids is 1. The molecule has 0 N–H and O–H groups in total. The minimum absolute atomic E-state index is 0.0308. The van der Waals surface area contributed by atoms with E-state index in [1.165, 1.54) is 12.8 Å². The molecule has 0 bridgehead atoms. The molecule has 22 heavy (non-hydrogen) atoms. The van der Waals surface area contributed by atoms with Crippen molar-refractivity contribution in [1.82, 2.24) is 0 Å². The van der Waals surface area contributed by atoms with Crippen LogP contribution in [0.3, 0.4) is 0 Å². The topological polar surface area (TPSA) is 35.5 Å². The van der Waals surface area contributed by atoms with Gasteiger partial charge in [-0.3, -0.25) is 4.79 Å². The molecule has 130 valence electrons. The first-order valence-corrected chi connectivity index (χ1v) is 11.6. The van der Waals surface area contributed by atoms with Crippen LogP contribution in [-0.4, -0.2) is 27.7 Å². The maximum absolute atomic E-state index is 11.9. The van der Waals surface area contributed by atoms with Gasteiger partial charge in [-0.05, 0) is 57.5 Å². The summed E-state index contributed by atoms with van der Waals surface area (Å²) in [6, 6.07) is 0. The highest BCUT2D eigenvalue weighted by atomic mass is 28.3. The van der Waals surface area contributed by atoms with E-state index in [1.54, 1.807) is 0 Å². The van der Waals surface area contributed by atoms with Crippen molar-refractivity contribution < 1.29 is 14.0 Å². The maximum Gasteiger partial charge on any atom is 0.311 e. The standard InChI is InChI=1S/C18H36O3Si/c1-17(2,3)15(21-22(6)7)10-8-9-14-11-12-20-16(19)18(4,5)13-14/h14-15,22H,8-13H2,1-7H3. The van der Waals surface area contributed by atoms with Crippen molar-refractivity contribution in [1.29, 1.82) is 0 Å². The van der Waals surface area contributed by atoms with Gasteiger partial charge in [-0.2, -0.15) is 0 Å². The smallest absolute Gasteiger partial charge is 0.311 e. The van der Waals surface area contributed by atoms with Crippen LogP contribution < -0.4 is 0 Å². The highest BCUT2D eigenvalue weighted by molar-refractivity contribution is 6.48. The highest BCUT2D eigenvalue weighted by Gasteiger charge is 2.35. The number of carbonyl (C=O) groups is 1. The molecule has 1 heterocycles. The predicted molar refractivity (Wildman–Crippen MR) is 94.5 cm³/mol. The van der Waals surface area contributed by atoms with E-state index in [9.17, 15) is 4.79 Å². The zero-order valence-electron chi connectivity index (χ0n) is 15.7. The SMILES string of the molecule is C[SiH](C)OC(CCCC1CCOC(=O)C(C)(C)C1)C(C)(C)C. The van der Waals surface area contributed by atoms with Gasteiger partial charge in [0.2, 0.25) is 0 Å². The normalized spacial score (nSPS) is 24.0. The Hall–Kier alpha value is -0.353. The van der Waals surface area contributed by atoms with Crippen molar-refractivity contribution in [3.05, 3.63) is 0 Å². The Morgan fingerprint density at radius 3 is 2.55 bits per heavy atom. The molecule has 0 amide bonds. The minimum Gasteiger partial charge on any atom is -0.465 e. The summed E-state index contributed by atoms with van der Waals surface area (Å²) in [5.41, 5.74) is -0.120. The fraction of sp³-hybridized carbons (Fsp3) is 0.944. The van der Waals surface area contributed by atoms with Crippen molar-refractivity contribution in [3.63, 3.8) is 0 Å². The molecule has 2 atom stereocenters. The molecule has 1 aliphatic heterocycles. The summed E-state index contributed by atoms with van der Waals surface area (Å²) in [5, 5.41) is 0. The number of hydrogen-bond acceptors (Lipinski definition) is 3. The van der Waals surface area contributed by atoms with Gasteiger partial charge in [-0.15, -0.1) is 0 Å². The number of ether oxygens (including phenoxy) is 1. The van der Waals surface area contributed by atoms with Crippen molar-refractivity contribution in [2.75, 3.05) is 6.61 Å². The average molecular weight is 329 g/mol. The van der Waals surface area contributed by atoms with Gasteiger partial charge in [0.15, 0.2) is 9.04 Å². The van der Waals surface area contributed by atoms with Gasteiger partial charge in [-0.1, -0.05) is 33.6 Å². The lowest BCUT2D eigenvalue weighted by atomic mass is 9.79. The lowest BCUT2D eigenvalue weighted by Gasteiger charge is -2.33. The number of hydrogen-bond donors (Lipinski definition) is 0.